The number of methoxy groups -OCH3 is 1. The highest BCUT2D eigenvalue weighted by atomic mass is 35.5. The lowest BCUT2D eigenvalue weighted by Crippen LogP contribution is -2.18. The molecule has 0 aliphatic heterocycles. The van der Waals surface area contributed by atoms with Crippen LogP contribution >= 0.6 is 23.4 Å². The van der Waals surface area contributed by atoms with E-state index in [0.717, 1.165) is 12.1 Å². The molecule has 20 heavy (non-hydrogen) atoms. The number of halogens is 1. The number of aromatic nitrogens is 4. The Bertz CT molecular complexity index is 613. The number of hydrogen-bond donors (Lipinski definition) is 1. The van der Waals surface area contributed by atoms with Crippen molar-refractivity contribution in [3.63, 3.8) is 0 Å². The highest BCUT2D eigenvalue weighted by molar-refractivity contribution is 7.98. The van der Waals surface area contributed by atoms with Gasteiger partial charge in [0.25, 0.3) is 0 Å². The molecule has 0 aromatic carbocycles. The maximum absolute atomic E-state index is 11.7. The predicted molar refractivity (Wildman–Crippen MR) is 78.1 cm³/mol. The van der Waals surface area contributed by atoms with Crippen molar-refractivity contribution in [3.05, 3.63) is 39.5 Å². The molecule has 8 heteroatoms. The zero-order valence-electron chi connectivity index (χ0n) is 11.0. The van der Waals surface area contributed by atoms with E-state index < -0.39 is 0 Å². The van der Waals surface area contributed by atoms with Crippen LogP contribution in [0.25, 0.3) is 0 Å². The van der Waals surface area contributed by atoms with Gasteiger partial charge in [0.05, 0.1) is 5.69 Å². The van der Waals surface area contributed by atoms with Gasteiger partial charge in [-0.05, 0) is 18.6 Å². The Morgan fingerprint density at radius 3 is 3.10 bits per heavy atom. The molecule has 0 radical (unpaired) electrons. The summed E-state index contributed by atoms with van der Waals surface area (Å²) in [5.41, 5.74) is 0.643. The molecule has 2 heterocycles. The Balaban J connectivity index is 2.00. The molecular weight excluding hydrogens is 300 g/mol. The van der Waals surface area contributed by atoms with Crippen LogP contribution in [0.15, 0.2) is 28.2 Å². The van der Waals surface area contributed by atoms with Gasteiger partial charge in [0.2, 0.25) is 0 Å². The van der Waals surface area contributed by atoms with Crippen LogP contribution < -0.4 is 5.69 Å². The highest BCUT2D eigenvalue weighted by Gasteiger charge is 2.09. The zero-order valence-corrected chi connectivity index (χ0v) is 12.6. The summed E-state index contributed by atoms with van der Waals surface area (Å²) in [6, 6.07) is 5.46. The second kappa shape index (κ2) is 7.47. The minimum absolute atomic E-state index is 0.206. The third kappa shape index (κ3) is 4.09. The second-order valence-corrected chi connectivity index (χ2v) is 5.38. The molecule has 0 unspecified atom stereocenters. The summed E-state index contributed by atoms with van der Waals surface area (Å²) in [6.07, 6.45) is 0.763. The van der Waals surface area contributed by atoms with Gasteiger partial charge in [-0.3, -0.25) is 4.57 Å². The lowest BCUT2D eigenvalue weighted by molar-refractivity contribution is 0.189. The Morgan fingerprint density at radius 2 is 2.35 bits per heavy atom. The predicted octanol–water partition coefficient (Wildman–Crippen LogP) is 1.95. The molecule has 6 nitrogen and oxygen atoms in total. The second-order valence-electron chi connectivity index (χ2n) is 4.05. The molecule has 108 valence electrons. The lowest BCUT2D eigenvalue weighted by Gasteiger charge is -2.05. The topological polar surface area (TPSA) is 72.8 Å². The van der Waals surface area contributed by atoms with Crippen molar-refractivity contribution >= 4 is 23.4 Å². The van der Waals surface area contributed by atoms with Gasteiger partial charge in [0.1, 0.15) is 5.15 Å². The maximum atomic E-state index is 11.7. The van der Waals surface area contributed by atoms with E-state index in [-0.39, 0.29) is 5.69 Å². The number of H-pyrrole nitrogens is 1. The number of ether oxygens (including phenoxy) is 1. The third-order valence-electron chi connectivity index (χ3n) is 2.58. The van der Waals surface area contributed by atoms with Gasteiger partial charge in [-0.2, -0.15) is 0 Å². The number of nitrogens with zero attached hydrogens (tertiary/aromatic N) is 3. The summed E-state index contributed by atoms with van der Waals surface area (Å²) >= 11 is 7.28. The molecule has 0 amide bonds. The van der Waals surface area contributed by atoms with Gasteiger partial charge < -0.3 is 4.74 Å². The van der Waals surface area contributed by atoms with E-state index >= 15 is 0 Å². The quantitative estimate of drug-likeness (QED) is 0.480. The SMILES string of the molecule is COCCCn1c(SCc2cccc(Cl)n2)n[nH]c1=O. The number of rotatable bonds is 7. The van der Waals surface area contributed by atoms with Gasteiger partial charge in [-0.15, -0.1) is 5.10 Å². The molecule has 0 saturated heterocycles. The Labute approximate surface area is 125 Å². The van der Waals surface area contributed by atoms with E-state index in [0.29, 0.717) is 29.2 Å². The van der Waals surface area contributed by atoms with E-state index in [9.17, 15) is 4.79 Å². The number of pyridine rings is 1. The van der Waals surface area contributed by atoms with E-state index in [2.05, 4.69) is 15.2 Å². The maximum Gasteiger partial charge on any atom is 0.343 e. The van der Waals surface area contributed by atoms with Gasteiger partial charge >= 0.3 is 5.69 Å². The average Bonchev–Trinajstić information content (AvgIpc) is 2.78. The molecule has 1 N–H and O–H groups in total. The van der Waals surface area contributed by atoms with Crippen LogP contribution in [0.4, 0.5) is 0 Å². The molecule has 0 bridgehead atoms. The van der Waals surface area contributed by atoms with Crippen LogP contribution in [0.1, 0.15) is 12.1 Å². The first kappa shape index (κ1) is 15.1. The van der Waals surface area contributed by atoms with Crippen molar-refractivity contribution in [2.45, 2.75) is 23.9 Å². The molecular formula is C12H15ClN4O2S. The molecule has 0 saturated carbocycles. The van der Waals surface area contributed by atoms with Crippen LogP contribution in [0, 0.1) is 0 Å². The van der Waals surface area contributed by atoms with Gasteiger partial charge in [-0.1, -0.05) is 29.4 Å². The fraction of sp³-hybridized carbons (Fsp3) is 0.417. The molecule has 2 aromatic heterocycles. The van der Waals surface area contributed by atoms with Crippen molar-refractivity contribution < 1.29 is 4.74 Å². The van der Waals surface area contributed by atoms with Gasteiger partial charge in [-0.25, -0.2) is 14.9 Å². The summed E-state index contributed by atoms with van der Waals surface area (Å²) in [5.74, 6) is 0.606. The summed E-state index contributed by atoms with van der Waals surface area (Å²) in [5, 5.41) is 7.59. The average molecular weight is 315 g/mol. The fourth-order valence-electron chi connectivity index (χ4n) is 1.65. The minimum Gasteiger partial charge on any atom is -0.385 e. The number of hydrogen-bond acceptors (Lipinski definition) is 5. The smallest absolute Gasteiger partial charge is 0.343 e. The summed E-state index contributed by atoms with van der Waals surface area (Å²) < 4.78 is 6.59. The van der Waals surface area contributed by atoms with E-state index in [1.54, 1.807) is 17.7 Å². The van der Waals surface area contributed by atoms with Crippen LogP contribution in [0.2, 0.25) is 5.15 Å². The number of nitrogens with one attached hydrogen (secondary N) is 1. The van der Waals surface area contributed by atoms with Crippen LogP contribution in [0.5, 0.6) is 0 Å². The Hall–Kier alpha value is -1.31. The monoisotopic (exact) mass is 314 g/mol. The fourth-order valence-corrected chi connectivity index (χ4v) is 2.71. The highest BCUT2D eigenvalue weighted by Crippen LogP contribution is 2.19. The molecule has 0 fully saturated rings. The molecule has 2 aromatic rings. The summed E-state index contributed by atoms with van der Waals surface area (Å²) in [6.45, 7) is 1.19. The molecule has 0 aliphatic rings. The largest absolute Gasteiger partial charge is 0.385 e. The first-order chi connectivity index (χ1) is 9.70. The van der Waals surface area contributed by atoms with Crippen LogP contribution in [-0.4, -0.2) is 33.5 Å². The normalized spacial score (nSPS) is 10.9. The van der Waals surface area contributed by atoms with E-state index in [1.165, 1.54) is 11.8 Å². The molecule has 0 aliphatic carbocycles. The Kier molecular flexibility index (Phi) is 5.63. The van der Waals surface area contributed by atoms with Crippen molar-refractivity contribution in [2.75, 3.05) is 13.7 Å². The van der Waals surface area contributed by atoms with Crippen LogP contribution in [-0.2, 0) is 17.0 Å². The zero-order chi connectivity index (χ0) is 14.4. The van der Waals surface area contributed by atoms with Crippen molar-refractivity contribution in [1.82, 2.24) is 19.7 Å². The summed E-state index contributed by atoms with van der Waals surface area (Å²) in [4.78, 5) is 15.9. The molecule has 2 rings (SSSR count). The molecule has 0 atom stereocenters. The number of thioether (sulfide) groups is 1. The van der Waals surface area contributed by atoms with Crippen molar-refractivity contribution in [1.29, 1.82) is 0 Å². The first-order valence-electron chi connectivity index (χ1n) is 6.09. The third-order valence-corrected chi connectivity index (χ3v) is 3.80. The van der Waals surface area contributed by atoms with Crippen molar-refractivity contribution in [2.24, 2.45) is 0 Å². The lowest BCUT2D eigenvalue weighted by atomic mass is 10.4. The number of aromatic amines is 1. The van der Waals surface area contributed by atoms with Crippen molar-refractivity contribution in [3.8, 4) is 0 Å². The Morgan fingerprint density at radius 1 is 1.50 bits per heavy atom. The van der Waals surface area contributed by atoms with E-state index in [1.807, 2.05) is 12.1 Å². The van der Waals surface area contributed by atoms with Gasteiger partial charge in [0, 0.05) is 26.0 Å². The first-order valence-corrected chi connectivity index (χ1v) is 7.45. The van der Waals surface area contributed by atoms with Crippen LogP contribution in [0.3, 0.4) is 0 Å². The van der Waals surface area contributed by atoms with E-state index in [4.69, 9.17) is 16.3 Å². The standard InChI is InChI=1S/C12H15ClN4O2S/c1-19-7-3-6-17-11(18)15-16-12(17)20-8-9-4-2-5-10(13)14-9/h2,4-5H,3,6-8H2,1H3,(H,15,18). The minimum atomic E-state index is -0.206. The molecule has 0 spiro atoms. The van der Waals surface area contributed by atoms with Gasteiger partial charge in [0.15, 0.2) is 5.16 Å². The summed E-state index contributed by atoms with van der Waals surface area (Å²) in [7, 11) is 1.64.